The average Bonchev–Trinajstić information content (AvgIpc) is 3.31. The first-order valence-corrected chi connectivity index (χ1v) is 11.8. The van der Waals surface area contributed by atoms with Gasteiger partial charge in [-0.15, -0.1) is 11.3 Å². The molecule has 11 heteroatoms. The molecule has 2 aromatic heterocycles. The van der Waals surface area contributed by atoms with Crippen molar-refractivity contribution in [2.24, 2.45) is 7.05 Å². The van der Waals surface area contributed by atoms with Crippen LogP contribution in [-0.2, 0) is 7.05 Å². The predicted octanol–water partition coefficient (Wildman–Crippen LogP) is 7.55. The quantitative estimate of drug-likeness (QED) is 0.273. The fourth-order valence-electron chi connectivity index (χ4n) is 5.05. The molecule has 0 radical (unpaired) electrons. The van der Waals surface area contributed by atoms with Gasteiger partial charge in [-0.3, -0.25) is 0 Å². The standard InChI is InChI=1S/C26H19F6NO3S/c1-11-19(16-10-14(36-4)6-8-17(16)33(11)3)21-22(25(29,30)26(31,32)24(21,27)28)20-12(2)37-18-9-13(23(34)35)5-7-15(18)20/h5-10H,1-4H3,(H,34,35). The molecule has 1 N–H and O–H groups in total. The molecule has 1 aliphatic rings. The zero-order valence-corrected chi connectivity index (χ0v) is 20.7. The first-order chi connectivity index (χ1) is 17.2. The molecule has 2 aromatic carbocycles. The summed E-state index contributed by atoms with van der Waals surface area (Å²) < 4.78 is 99.2. The second-order valence-corrected chi connectivity index (χ2v) is 10.2. The van der Waals surface area contributed by atoms with Gasteiger partial charge in [0.15, 0.2) is 0 Å². The Morgan fingerprint density at radius 3 is 2.14 bits per heavy atom. The van der Waals surface area contributed by atoms with Crippen LogP contribution in [0.5, 0.6) is 5.75 Å². The number of aromatic nitrogens is 1. The van der Waals surface area contributed by atoms with Gasteiger partial charge in [-0.05, 0) is 44.2 Å². The number of hydrogen-bond acceptors (Lipinski definition) is 3. The van der Waals surface area contributed by atoms with Gasteiger partial charge in [-0.2, -0.15) is 26.3 Å². The highest BCUT2D eigenvalue weighted by atomic mass is 32.1. The number of hydrogen-bond donors (Lipinski definition) is 1. The molecule has 37 heavy (non-hydrogen) atoms. The van der Waals surface area contributed by atoms with Gasteiger partial charge in [0.1, 0.15) is 5.75 Å². The number of methoxy groups -OCH3 is 1. The number of aryl methyl sites for hydroxylation is 2. The third-order valence-electron chi connectivity index (χ3n) is 6.98. The van der Waals surface area contributed by atoms with Gasteiger partial charge in [0.05, 0.1) is 12.7 Å². The second-order valence-electron chi connectivity index (χ2n) is 8.93. The van der Waals surface area contributed by atoms with E-state index in [2.05, 4.69) is 0 Å². The molecular weight excluding hydrogens is 520 g/mol. The number of carbonyl (C=O) groups is 1. The van der Waals surface area contributed by atoms with Crippen LogP contribution in [0, 0.1) is 13.8 Å². The summed E-state index contributed by atoms with van der Waals surface area (Å²) in [5.74, 6) is -17.2. The molecule has 0 saturated carbocycles. The number of rotatable bonds is 4. The topological polar surface area (TPSA) is 51.5 Å². The third kappa shape index (κ3) is 3.12. The molecule has 4 aromatic rings. The largest absolute Gasteiger partial charge is 0.497 e. The summed E-state index contributed by atoms with van der Waals surface area (Å²) in [4.78, 5) is 11.5. The number of fused-ring (bicyclic) bond motifs is 2. The first kappa shape index (κ1) is 25.2. The Hall–Kier alpha value is -3.47. The first-order valence-electron chi connectivity index (χ1n) is 11.0. The minimum atomic E-state index is -5.72. The number of aromatic carboxylic acids is 1. The average molecular weight is 539 g/mol. The lowest BCUT2D eigenvalue weighted by atomic mass is 9.91. The van der Waals surface area contributed by atoms with Crippen molar-refractivity contribution in [1.29, 1.82) is 0 Å². The van der Waals surface area contributed by atoms with Crippen molar-refractivity contribution in [2.75, 3.05) is 7.11 Å². The van der Waals surface area contributed by atoms with Crippen LogP contribution in [0.2, 0.25) is 0 Å². The molecule has 0 bridgehead atoms. The maximum Gasteiger partial charge on any atom is 0.380 e. The Morgan fingerprint density at radius 1 is 0.919 bits per heavy atom. The number of thiophene rings is 1. The Balaban J connectivity index is 1.98. The van der Waals surface area contributed by atoms with Crippen LogP contribution >= 0.6 is 11.3 Å². The van der Waals surface area contributed by atoms with Crippen molar-refractivity contribution in [2.45, 2.75) is 31.6 Å². The molecule has 194 valence electrons. The van der Waals surface area contributed by atoms with Crippen LogP contribution in [0.25, 0.3) is 32.1 Å². The molecular formula is C26H19F6NO3S. The summed E-state index contributed by atoms with van der Waals surface area (Å²) in [6, 6.07) is 7.95. The summed E-state index contributed by atoms with van der Waals surface area (Å²) >= 11 is 0.869. The van der Waals surface area contributed by atoms with E-state index < -0.39 is 46.0 Å². The number of alkyl halides is 6. The van der Waals surface area contributed by atoms with Crippen molar-refractivity contribution in [3.05, 3.63) is 63.7 Å². The highest BCUT2D eigenvalue weighted by Crippen LogP contribution is 2.66. The highest BCUT2D eigenvalue weighted by molar-refractivity contribution is 7.19. The predicted molar refractivity (Wildman–Crippen MR) is 129 cm³/mol. The summed E-state index contributed by atoms with van der Waals surface area (Å²) in [5, 5.41) is 9.33. The molecule has 0 fully saturated rings. The van der Waals surface area contributed by atoms with E-state index in [0.717, 1.165) is 17.4 Å². The number of carboxylic acids is 1. The number of halogens is 6. The molecule has 0 spiro atoms. The maximum atomic E-state index is 15.6. The van der Waals surface area contributed by atoms with Gasteiger partial charge >= 0.3 is 23.7 Å². The van der Waals surface area contributed by atoms with Crippen molar-refractivity contribution in [3.63, 3.8) is 0 Å². The molecule has 2 heterocycles. The summed E-state index contributed by atoms with van der Waals surface area (Å²) in [6.07, 6.45) is 0. The van der Waals surface area contributed by atoms with Crippen LogP contribution in [-0.4, -0.2) is 40.5 Å². The van der Waals surface area contributed by atoms with E-state index in [4.69, 9.17) is 4.74 Å². The Morgan fingerprint density at radius 2 is 1.54 bits per heavy atom. The second kappa shape index (κ2) is 7.77. The maximum absolute atomic E-state index is 15.6. The van der Waals surface area contributed by atoms with Gasteiger partial charge < -0.3 is 14.4 Å². The van der Waals surface area contributed by atoms with E-state index in [-0.39, 0.29) is 37.4 Å². The zero-order chi connectivity index (χ0) is 27.2. The molecule has 5 rings (SSSR count). The molecule has 0 saturated heterocycles. The smallest absolute Gasteiger partial charge is 0.380 e. The lowest BCUT2D eigenvalue weighted by Gasteiger charge is -2.26. The number of benzene rings is 2. The highest BCUT2D eigenvalue weighted by Gasteiger charge is 2.80. The molecule has 1 aliphatic carbocycles. The van der Waals surface area contributed by atoms with Crippen LogP contribution in [0.3, 0.4) is 0 Å². The Kier molecular flexibility index (Phi) is 5.29. The van der Waals surface area contributed by atoms with E-state index in [0.29, 0.717) is 5.52 Å². The van der Waals surface area contributed by atoms with Gasteiger partial charge in [0.25, 0.3) is 0 Å². The van der Waals surface area contributed by atoms with Crippen molar-refractivity contribution < 1.29 is 41.0 Å². The SMILES string of the molecule is COc1ccc2c(c1)c(C1=C(c3c(C)sc4cc(C(=O)O)ccc34)C(F)(F)C(F)(F)C1(F)F)c(C)n2C. The molecule has 4 nitrogen and oxygen atoms in total. The van der Waals surface area contributed by atoms with E-state index >= 15 is 26.3 Å². The minimum absolute atomic E-state index is 0.0105. The number of ether oxygens (including phenoxy) is 1. The number of allylic oxidation sites excluding steroid dienone is 2. The lowest BCUT2D eigenvalue weighted by molar-refractivity contribution is -0.254. The fourth-order valence-corrected chi connectivity index (χ4v) is 6.16. The molecule has 0 aliphatic heterocycles. The number of carboxylic acid groups (broad SMARTS) is 1. The van der Waals surface area contributed by atoms with Crippen molar-refractivity contribution in [1.82, 2.24) is 4.57 Å². The molecule has 0 atom stereocenters. The normalized spacial score (nSPS) is 18.2. The van der Waals surface area contributed by atoms with Crippen molar-refractivity contribution >= 4 is 49.4 Å². The van der Waals surface area contributed by atoms with Crippen molar-refractivity contribution in [3.8, 4) is 5.75 Å². The van der Waals surface area contributed by atoms with Crippen LogP contribution in [0.1, 0.15) is 32.1 Å². The summed E-state index contributed by atoms with van der Waals surface area (Å²) in [5.41, 5.74) is -3.49. The van der Waals surface area contributed by atoms with Gasteiger partial charge in [0.2, 0.25) is 0 Å². The zero-order valence-electron chi connectivity index (χ0n) is 19.9. The van der Waals surface area contributed by atoms with Crippen LogP contribution in [0.4, 0.5) is 26.3 Å². The van der Waals surface area contributed by atoms with E-state index in [1.165, 1.54) is 56.8 Å². The van der Waals surface area contributed by atoms with Gasteiger partial charge in [0, 0.05) is 60.9 Å². The lowest BCUT2D eigenvalue weighted by Crippen LogP contribution is -2.49. The van der Waals surface area contributed by atoms with E-state index in [1.54, 1.807) is 6.07 Å². The minimum Gasteiger partial charge on any atom is -0.497 e. The fraction of sp³-hybridized carbons (Fsp3) is 0.269. The van der Waals surface area contributed by atoms with Gasteiger partial charge in [-0.25, -0.2) is 4.79 Å². The Bertz CT molecular complexity index is 1660. The summed E-state index contributed by atoms with van der Waals surface area (Å²) in [6.45, 7) is 2.75. The summed E-state index contributed by atoms with van der Waals surface area (Å²) in [7, 11) is 2.86. The van der Waals surface area contributed by atoms with E-state index in [9.17, 15) is 9.90 Å². The van der Waals surface area contributed by atoms with Gasteiger partial charge in [-0.1, -0.05) is 6.07 Å². The molecule has 0 amide bonds. The number of nitrogens with zero attached hydrogens (tertiary/aromatic N) is 1. The van der Waals surface area contributed by atoms with Crippen LogP contribution in [0.15, 0.2) is 36.4 Å². The van der Waals surface area contributed by atoms with Crippen LogP contribution < -0.4 is 4.74 Å². The Labute approximate surface area is 210 Å². The molecule has 0 unspecified atom stereocenters. The van der Waals surface area contributed by atoms with E-state index in [1.807, 2.05) is 0 Å². The monoisotopic (exact) mass is 539 g/mol. The third-order valence-corrected chi connectivity index (χ3v) is 8.05.